The molecule has 9 aromatic rings. The van der Waals surface area contributed by atoms with Crippen LogP contribution >= 0.6 is 8.16 Å². The first-order valence-electron chi connectivity index (χ1n) is 17.7. The minimum absolute atomic E-state index is 0.621. The molecule has 52 heavy (non-hydrogen) atoms. The van der Waals surface area contributed by atoms with Crippen molar-refractivity contribution in [2.45, 2.75) is 25.9 Å². The second-order valence-electron chi connectivity index (χ2n) is 13.4. The second kappa shape index (κ2) is 12.9. The Kier molecular flexibility index (Phi) is 7.66. The summed E-state index contributed by atoms with van der Waals surface area (Å²) < 4.78 is 20.6. The summed E-state index contributed by atoms with van der Waals surface area (Å²) in [4.78, 5) is 0. The lowest BCUT2D eigenvalue weighted by Gasteiger charge is -2.10. The number of rotatable bonds is 7. The lowest BCUT2D eigenvalue weighted by molar-refractivity contribution is 0.630. The van der Waals surface area contributed by atoms with E-state index in [4.69, 9.17) is 18.6 Å². The van der Waals surface area contributed by atoms with E-state index in [1.54, 1.807) is 0 Å². The monoisotopic (exact) mass is 699 g/mol. The van der Waals surface area contributed by atoms with E-state index in [-0.39, 0.29) is 0 Å². The molecular formula is C42H34N7O2P. The molecule has 3 aromatic heterocycles. The molecule has 1 aliphatic heterocycles. The highest BCUT2D eigenvalue weighted by Crippen LogP contribution is 2.48. The fraction of sp³-hybridized carbons (Fsp3) is 0.143. The molecule has 0 aliphatic carbocycles. The van der Waals surface area contributed by atoms with E-state index in [0.29, 0.717) is 13.1 Å². The maximum absolute atomic E-state index is 7.22. The van der Waals surface area contributed by atoms with E-state index in [2.05, 4.69) is 100 Å². The standard InChI is InChI=1S/C42H34N7O2P/c1-3-13-29(14-4-1)25-47-27-37(43-45-47)35-23-31-17-7-9-19-33(31)39-40-34-20-10-8-18-32(34)24-36(38-28-48(46-44-38)26-30-15-5-2-6-16-30)42(40)51-52(50-41(35)39)49-21-11-12-22-49/h1-10,13-20,23-24,27-28H,11-12,21-22,25-26H2. The molecule has 0 spiro atoms. The van der Waals surface area contributed by atoms with Gasteiger partial charge in [0, 0.05) is 35.0 Å². The van der Waals surface area contributed by atoms with Gasteiger partial charge in [0.25, 0.3) is 0 Å². The zero-order valence-electron chi connectivity index (χ0n) is 28.3. The Labute approximate surface area is 300 Å². The van der Waals surface area contributed by atoms with Crippen LogP contribution in [0.3, 0.4) is 0 Å². The zero-order chi connectivity index (χ0) is 34.4. The number of benzene rings is 6. The Morgan fingerprint density at radius 2 is 0.981 bits per heavy atom. The molecule has 6 aromatic carbocycles. The summed E-state index contributed by atoms with van der Waals surface area (Å²) in [6, 6.07) is 42.0. The van der Waals surface area contributed by atoms with Crippen LogP contribution in [0.1, 0.15) is 24.0 Å². The van der Waals surface area contributed by atoms with Crippen molar-refractivity contribution >= 4 is 51.6 Å². The summed E-state index contributed by atoms with van der Waals surface area (Å²) in [6.45, 7) is 3.05. The third kappa shape index (κ3) is 5.55. The van der Waals surface area contributed by atoms with Gasteiger partial charge in [0.05, 0.1) is 25.5 Å². The van der Waals surface area contributed by atoms with Gasteiger partial charge in [-0.1, -0.05) is 120 Å². The Morgan fingerprint density at radius 1 is 0.538 bits per heavy atom. The predicted octanol–water partition coefficient (Wildman–Crippen LogP) is 9.94. The Balaban J connectivity index is 1.29. The minimum atomic E-state index is -1.54. The minimum Gasteiger partial charge on any atom is -0.407 e. The van der Waals surface area contributed by atoms with Crippen LogP contribution in [0.4, 0.5) is 0 Å². The Morgan fingerprint density at radius 3 is 1.46 bits per heavy atom. The van der Waals surface area contributed by atoms with E-state index in [9.17, 15) is 0 Å². The van der Waals surface area contributed by atoms with E-state index >= 15 is 0 Å². The van der Waals surface area contributed by atoms with Crippen molar-refractivity contribution in [3.8, 4) is 22.5 Å². The van der Waals surface area contributed by atoms with E-state index < -0.39 is 8.16 Å². The lowest BCUT2D eigenvalue weighted by atomic mass is 9.93. The summed E-state index contributed by atoms with van der Waals surface area (Å²) >= 11 is 0. The molecule has 0 amide bonds. The number of nitrogens with zero attached hydrogens (tertiary/aromatic N) is 7. The van der Waals surface area contributed by atoms with Gasteiger partial charge in [0.1, 0.15) is 11.4 Å². The topological polar surface area (TPSA) is 90.9 Å². The van der Waals surface area contributed by atoms with Crippen molar-refractivity contribution in [2.75, 3.05) is 17.8 Å². The highest BCUT2D eigenvalue weighted by Gasteiger charge is 2.25. The summed E-state index contributed by atoms with van der Waals surface area (Å²) in [5, 5.41) is 24.9. The molecule has 1 aliphatic rings. The molecule has 0 radical (unpaired) electrons. The van der Waals surface area contributed by atoms with Gasteiger partial charge in [-0.3, -0.25) is 0 Å². The van der Waals surface area contributed by atoms with Gasteiger partial charge < -0.3 is 8.39 Å². The Hall–Kier alpha value is -6.02. The summed E-state index contributed by atoms with van der Waals surface area (Å²) in [7, 11) is -1.54. The molecule has 0 saturated carbocycles. The number of aromatic nitrogens is 6. The molecule has 0 atom stereocenters. The van der Waals surface area contributed by atoms with E-state index in [0.717, 1.165) is 103 Å². The van der Waals surface area contributed by atoms with Crippen LogP contribution in [0.15, 0.2) is 142 Å². The highest BCUT2D eigenvalue weighted by atomic mass is 31.1. The first-order valence-corrected chi connectivity index (χ1v) is 18.8. The molecule has 4 heterocycles. The molecule has 0 unspecified atom stereocenters. The van der Waals surface area contributed by atoms with Gasteiger partial charge in [-0.2, -0.15) is 0 Å². The molecule has 10 rings (SSSR count). The summed E-state index contributed by atoms with van der Waals surface area (Å²) in [5.41, 5.74) is 7.12. The van der Waals surface area contributed by atoms with Crippen molar-refractivity contribution in [1.82, 2.24) is 30.0 Å². The third-order valence-corrected chi connectivity index (χ3v) is 11.4. The summed E-state index contributed by atoms with van der Waals surface area (Å²) in [5.74, 6) is 0. The molecule has 0 bridgehead atoms. The lowest BCUT2D eigenvalue weighted by Crippen LogP contribution is -2.12. The third-order valence-electron chi connectivity index (χ3n) is 9.91. The van der Waals surface area contributed by atoms with E-state index in [1.807, 2.05) is 58.2 Å². The SMILES string of the molecule is c1ccc(Cn2cc(-c3cc4ccccc4c4c3op(N3CCCC3)oc3c(-c5cn(Cc6ccccc6)nn5)cc5ccccc5c34)nn2)cc1. The van der Waals surface area contributed by atoms with Crippen LogP contribution in [0, 0.1) is 0 Å². The molecule has 1 fully saturated rings. The molecule has 10 heteroatoms. The van der Waals surface area contributed by atoms with Crippen molar-refractivity contribution in [3.63, 3.8) is 0 Å². The highest BCUT2D eigenvalue weighted by molar-refractivity contribution is 7.39. The molecule has 0 N–H and O–H groups in total. The van der Waals surface area contributed by atoms with Crippen molar-refractivity contribution in [1.29, 1.82) is 0 Å². The Bertz CT molecular complexity index is 2590. The predicted molar refractivity (Wildman–Crippen MR) is 208 cm³/mol. The van der Waals surface area contributed by atoms with Crippen LogP contribution in [-0.2, 0) is 13.1 Å². The maximum atomic E-state index is 7.22. The van der Waals surface area contributed by atoms with Crippen LogP contribution in [-0.4, -0.2) is 43.1 Å². The van der Waals surface area contributed by atoms with Gasteiger partial charge in [-0.05, 0) is 57.6 Å². The first-order chi connectivity index (χ1) is 25.7. The number of hydrogen-bond acceptors (Lipinski definition) is 7. The van der Waals surface area contributed by atoms with Crippen molar-refractivity contribution in [3.05, 3.63) is 145 Å². The number of hydrogen-bond donors (Lipinski definition) is 0. The van der Waals surface area contributed by atoms with Gasteiger partial charge in [-0.15, -0.1) is 10.2 Å². The fourth-order valence-electron chi connectivity index (χ4n) is 7.42. The molecule has 254 valence electrons. The quantitative estimate of drug-likeness (QED) is 0.164. The average molecular weight is 700 g/mol. The zero-order valence-corrected chi connectivity index (χ0v) is 29.2. The normalized spacial score (nSPS) is 13.5. The number of fused-ring (bicyclic) bond motifs is 7. The van der Waals surface area contributed by atoms with Crippen molar-refractivity contribution in [2.24, 2.45) is 0 Å². The van der Waals surface area contributed by atoms with Gasteiger partial charge in [0.15, 0.2) is 11.2 Å². The average Bonchev–Trinajstić information content (AvgIpc) is 3.97. The maximum Gasteiger partial charge on any atom is 0.309 e. The van der Waals surface area contributed by atoms with Crippen LogP contribution in [0.5, 0.6) is 0 Å². The largest absolute Gasteiger partial charge is 0.407 e. The molecule has 9 nitrogen and oxygen atoms in total. The van der Waals surface area contributed by atoms with Gasteiger partial charge in [-0.25, -0.2) is 14.0 Å². The van der Waals surface area contributed by atoms with Crippen LogP contribution in [0.25, 0.3) is 66.0 Å². The summed E-state index contributed by atoms with van der Waals surface area (Å²) in [6.07, 6.45) is 6.24. The van der Waals surface area contributed by atoms with Gasteiger partial charge >= 0.3 is 8.16 Å². The van der Waals surface area contributed by atoms with Gasteiger partial charge in [0.2, 0.25) is 0 Å². The van der Waals surface area contributed by atoms with Crippen LogP contribution in [0.2, 0.25) is 0 Å². The fourth-order valence-corrected chi connectivity index (χ4v) is 8.99. The van der Waals surface area contributed by atoms with Crippen LogP contribution < -0.4 is 4.67 Å². The second-order valence-corrected chi connectivity index (χ2v) is 14.8. The molecular weight excluding hydrogens is 665 g/mol. The van der Waals surface area contributed by atoms with Crippen molar-refractivity contribution < 1.29 is 8.39 Å². The van der Waals surface area contributed by atoms with E-state index in [1.165, 1.54) is 0 Å². The smallest absolute Gasteiger partial charge is 0.309 e. The molecule has 1 saturated heterocycles. The first kappa shape index (κ1) is 30.8.